The number of likely N-dealkylation sites (tertiary alicyclic amines) is 1. The Morgan fingerprint density at radius 2 is 1.94 bits per heavy atom. The first-order chi connectivity index (χ1) is 8.22. The van der Waals surface area contributed by atoms with E-state index in [9.17, 15) is 0 Å². The van der Waals surface area contributed by atoms with E-state index in [1.54, 1.807) is 0 Å². The Bertz CT molecular complexity index is 226. The Balaban J connectivity index is 1.85. The second kappa shape index (κ2) is 6.17. The predicted molar refractivity (Wildman–Crippen MR) is 73.1 cm³/mol. The van der Waals surface area contributed by atoms with Gasteiger partial charge in [0.05, 0.1) is 0 Å². The van der Waals surface area contributed by atoms with Crippen molar-refractivity contribution in [2.24, 2.45) is 11.7 Å². The van der Waals surface area contributed by atoms with E-state index in [1.807, 2.05) is 0 Å². The van der Waals surface area contributed by atoms with Gasteiger partial charge >= 0.3 is 0 Å². The smallest absolute Gasteiger partial charge is 0.0244 e. The van der Waals surface area contributed by atoms with Gasteiger partial charge in [0.1, 0.15) is 0 Å². The van der Waals surface area contributed by atoms with Gasteiger partial charge in [-0.25, -0.2) is 0 Å². The first kappa shape index (κ1) is 13.3. The lowest BCUT2D eigenvalue weighted by molar-refractivity contribution is 0.141. The molecule has 2 unspecified atom stereocenters. The number of nitrogens with two attached hydrogens (primary N) is 1. The molecule has 100 valence electrons. The minimum absolute atomic E-state index is 0.617. The topological polar surface area (TPSA) is 32.5 Å². The fourth-order valence-corrected chi connectivity index (χ4v) is 3.75. The van der Waals surface area contributed by atoms with Crippen LogP contribution in [0.4, 0.5) is 0 Å². The van der Waals surface area contributed by atoms with Crippen LogP contribution in [0.15, 0.2) is 0 Å². The third-order valence-corrected chi connectivity index (χ3v) is 4.92. The van der Waals surface area contributed by atoms with Crippen LogP contribution in [0, 0.1) is 5.92 Å². The summed E-state index contributed by atoms with van der Waals surface area (Å²) in [5.74, 6) is 0.858. The van der Waals surface area contributed by atoms with Gasteiger partial charge < -0.3 is 15.5 Å². The lowest BCUT2D eigenvalue weighted by atomic mass is 9.96. The summed E-state index contributed by atoms with van der Waals surface area (Å²) in [7, 11) is 4.54. The second-order valence-corrected chi connectivity index (χ2v) is 6.06. The van der Waals surface area contributed by atoms with Crippen LogP contribution in [0.2, 0.25) is 0 Å². The zero-order chi connectivity index (χ0) is 12.3. The SMILES string of the molecule is CN1CCCC1CN(C)C(CN)C1CCCC1. The zero-order valence-electron chi connectivity index (χ0n) is 11.6. The molecule has 2 fully saturated rings. The highest BCUT2D eigenvalue weighted by atomic mass is 15.2. The van der Waals surface area contributed by atoms with Gasteiger partial charge in [0.2, 0.25) is 0 Å². The van der Waals surface area contributed by atoms with E-state index in [-0.39, 0.29) is 0 Å². The molecule has 2 N–H and O–H groups in total. The highest BCUT2D eigenvalue weighted by Gasteiger charge is 2.30. The maximum Gasteiger partial charge on any atom is 0.0244 e. The summed E-state index contributed by atoms with van der Waals surface area (Å²) < 4.78 is 0. The summed E-state index contributed by atoms with van der Waals surface area (Å²) in [6.45, 7) is 3.31. The normalized spacial score (nSPS) is 29.3. The molecule has 0 spiro atoms. The summed E-state index contributed by atoms with van der Waals surface area (Å²) >= 11 is 0. The highest BCUT2D eigenvalue weighted by Crippen LogP contribution is 2.30. The minimum Gasteiger partial charge on any atom is -0.329 e. The van der Waals surface area contributed by atoms with Gasteiger partial charge in [0.25, 0.3) is 0 Å². The molecule has 0 aromatic rings. The van der Waals surface area contributed by atoms with Crippen molar-refractivity contribution in [1.82, 2.24) is 9.80 Å². The molecular weight excluding hydrogens is 210 g/mol. The Labute approximate surface area is 106 Å². The summed E-state index contributed by atoms with van der Waals surface area (Å²) in [6, 6.07) is 1.38. The largest absolute Gasteiger partial charge is 0.329 e. The number of rotatable bonds is 5. The van der Waals surface area contributed by atoms with E-state index in [0.29, 0.717) is 6.04 Å². The number of hydrogen-bond acceptors (Lipinski definition) is 3. The van der Waals surface area contributed by atoms with Crippen LogP contribution in [-0.4, -0.2) is 55.6 Å². The van der Waals surface area contributed by atoms with Crippen LogP contribution in [-0.2, 0) is 0 Å². The summed E-state index contributed by atoms with van der Waals surface area (Å²) in [5, 5.41) is 0. The molecule has 1 saturated carbocycles. The summed E-state index contributed by atoms with van der Waals surface area (Å²) in [4.78, 5) is 5.06. The van der Waals surface area contributed by atoms with Crippen LogP contribution in [0.25, 0.3) is 0 Å². The standard InChI is InChI=1S/C14H29N3/c1-16-9-5-8-13(16)11-17(2)14(10-15)12-6-3-4-7-12/h12-14H,3-11,15H2,1-2H3. The van der Waals surface area contributed by atoms with Crippen LogP contribution in [0.1, 0.15) is 38.5 Å². The van der Waals surface area contributed by atoms with Gasteiger partial charge in [-0.1, -0.05) is 12.8 Å². The quantitative estimate of drug-likeness (QED) is 0.790. The van der Waals surface area contributed by atoms with Crippen LogP contribution < -0.4 is 5.73 Å². The Morgan fingerprint density at radius 3 is 2.47 bits per heavy atom. The molecule has 0 bridgehead atoms. The third kappa shape index (κ3) is 3.21. The molecule has 1 aliphatic heterocycles. The molecule has 1 heterocycles. The Hall–Kier alpha value is -0.120. The Morgan fingerprint density at radius 1 is 1.24 bits per heavy atom. The van der Waals surface area contributed by atoms with Crippen molar-refractivity contribution >= 4 is 0 Å². The molecule has 0 radical (unpaired) electrons. The molecule has 2 aliphatic rings. The maximum atomic E-state index is 6.01. The molecule has 2 atom stereocenters. The first-order valence-electron chi connectivity index (χ1n) is 7.33. The number of likely N-dealkylation sites (N-methyl/N-ethyl adjacent to an activating group) is 2. The fourth-order valence-electron chi connectivity index (χ4n) is 3.75. The van der Waals surface area contributed by atoms with Gasteiger partial charge in [0.15, 0.2) is 0 Å². The van der Waals surface area contributed by atoms with Crippen molar-refractivity contribution in [2.45, 2.75) is 50.6 Å². The average Bonchev–Trinajstić information content (AvgIpc) is 2.93. The maximum absolute atomic E-state index is 6.01. The van der Waals surface area contributed by atoms with Crippen molar-refractivity contribution in [3.05, 3.63) is 0 Å². The number of hydrogen-bond donors (Lipinski definition) is 1. The van der Waals surface area contributed by atoms with Crippen LogP contribution in [0.5, 0.6) is 0 Å². The lowest BCUT2D eigenvalue weighted by Gasteiger charge is -2.35. The zero-order valence-corrected chi connectivity index (χ0v) is 11.6. The van der Waals surface area contributed by atoms with Crippen molar-refractivity contribution < 1.29 is 0 Å². The number of nitrogens with zero attached hydrogens (tertiary/aromatic N) is 2. The molecule has 0 aromatic heterocycles. The van der Waals surface area contributed by atoms with Gasteiger partial charge in [-0.05, 0) is 52.2 Å². The molecule has 3 nitrogen and oxygen atoms in total. The molecule has 17 heavy (non-hydrogen) atoms. The van der Waals surface area contributed by atoms with Crippen LogP contribution >= 0.6 is 0 Å². The average molecular weight is 239 g/mol. The van der Waals surface area contributed by atoms with Crippen molar-refractivity contribution in [3.63, 3.8) is 0 Å². The fraction of sp³-hybridized carbons (Fsp3) is 1.00. The Kier molecular flexibility index (Phi) is 4.83. The predicted octanol–water partition coefficient (Wildman–Crippen LogP) is 1.53. The van der Waals surface area contributed by atoms with Gasteiger partial charge in [-0.15, -0.1) is 0 Å². The van der Waals surface area contributed by atoms with E-state index in [1.165, 1.54) is 51.6 Å². The van der Waals surface area contributed by atoms with E-state index in [2.05, 4.69) is 23.9 Å². The molecule has 0 amide bonds. The van der Waals surface area contributed by atoms with Crippen molar-refractivity contribution in [2.75, 3.05) is 33.7 Å². The van der Waals surface area contributed by atoms with E-state index < -0.39 is 0 Å². The van der Waals surface area contributed by atoms with E-state index in [4.69, 9.17) is 5.73 Å². The monoisotopic (exact) mass is 239 g/mol. The molecule has 3 heteroatoms. The van der Waals surface area contributed by atoms with Crippen LogP contribution in [0.3, 0.4) is 0 Å². The summed E-state index contributed by atoms with van der Waals surface area (Å²) in [5.41, 5.74) is 6.01. The van der Waals surface area contributed by atoms with Crippen molar-refractivity contribution in [1.29, 1.82) is 0 Å². The van der Waals surface area contributed by atoms with Gasteiger partial charge in [-0.2, -0.15) is 0 Å². The molecular formula is C14H29N3. The minimum atomic E-state index is 0.617. The highest BCUT2D eigenvalue weighted by molar-refractivity contribution is 4.86. The molecule has 2 rings (SSSR count). The molecule has 0 aromatic carbocycles. The lowest BCUT2D eigenvalue weighted by Crippen LogP contribution is -2.47. The molecule has 1 aliphatic carbocycles. The second-order valence-electron chi connectivity index (χ2n) is 6.06. The third-order valence-electron chi connectivity index (χ3n) is 4.92. The van der Waals surface area contributed by atoms with Crippen molar-refractivity contribution in [3.8, 4) is 0 Å². The van der Waals surface area contributed by atoms with E-state index in [0.717, 1.165) is 18.5 Å². The van der Waals surface area contributed by atoms with Gasteiger partial charge in [0, 0.05) is 25.2 Å². The molecule has 1 saturated heterocycles. The van der Waals surface area contributed by atoms with E-state index >= 15 is 0 Å². The first-order valence-corrected chi connectivity index (χ1v) is 7.33. The summed E-state index contributed by atoms with van der Waals surface area (Å²) in [6.07, 6.45) is 8.35. The van der Waals surface area contributed by atoms with Gasteiger partial charge in [-0.3, -0.25) is 0 Å².